The minimum atomic E-state index is -3.27. The van der Waals surface area contributed by atoms with Crippen molar-refractivity contribution < 1.29 is 17.9 Å². The number of ether oxygens (including phenoxy) is 1. The fourth-order valence-electron chi connectivity index (χ4n) is 2.85. The van der Waals surface area contributed by atoms with E-state index in [4.69, 9.17) is 4.74 Å². The van der Waals surface area contributed by atoms with E-state index in [1.807, 2.05) is 0 Å². The van der Waals surface area contributed by atoms with Gasteiger partial charge in [-0.15, -0.1) is 0 Å². The first-order valence-corrected chi connectivity index (χ1v) is 10.2. The molecule has 1 aliphatic rings. The number of carbonyl (C=O) groups is 1. The van der Waals surface area contributed by atoms with Gasteiger partial charge in [0.15, 0.2) is 0 Å². The van der Waals surface area contributed by atoms with Crippen LogP contribution in [0.15, 0.2) is 48.8 Å². The van der Waals surface area contributed by atoms with Crippen molar-refractivity contribution in [2.45, 2.75) is 12.8 Å². The molecule has 1 fully saturated rings. The summed E-state index contributed by atoms with van der Waals surface area (Å²) in [6.07, 6.45) is 5.83. The third-order valence-electron chi connectivity index (χ3n) is 4.23. The lowest BCUT2D eigenvalue weighted by Gasteiger charge is -2.30. The van der Waals surface area contributed by atoms with Crippen molar-refractivity contribution in [1.82, 2.24) is 9.29 Å². The zero-order valence-electron chi connectivity index (χ0n) is 14.5. The summed E-state index contributed by atoms with van der Waals surface area (Å²) in [7, 11) is -3.27. The molecule has 7 nitrogen and oxygen atoms in total. The van der Waals surface area contributed by atoms with Crippen molar-refractivity contribution >= 4 is 21.6 Å². The van der Waals surface area contributed by atoms with Crippen LogP contribution >= 0.6 is 0 Å². The van der Waals surface area contributed by atoms with Crippen LogP contribution in [0.25, 0.3) is 0 Å². The van der Waals surface area contributed by atoms with Crippen molar-refractivity contribution in [2.75, 3.05) is 24.7 Å². The Morgan fingerprint density at radius 2 is 1.81 bits per heavy atom. The molecule has 138 valence electrons. The molecule has 1 aromatic carbocycles. The highest BCUT2D eigenvalue weighted by atomic mass is 32.2. The van der Waals surface area contributed by atoms with Gasteiger partial charge in [-0.2, -0.15) is 0 Å². The Kier molecular flexibility index (Phi) is 5.53. The molecule has 1 aliphatic heterocycles. The standard InChI is InChI=1S/C18H21N3O4S/c1-26(23,24)21-12-2-3-14(13-21)18(22)20-15-4-6-16(7-5-15)25-17-8-10-19-11-9-17/h4-11,14H,2-3,12-13H2,1H3,(H,20,22)/t14-/m0/s1. The first kappa shape index (κ1) is 18.3. The van der Waals surface area contributed by atoms with E-state index in [1.165, 1.54) is 10.6 Å². The molecule has 1 aromatic heterocycles. The van der Waals surface area contributed by atoms with E-state index in [-0.39, 0.29) is 18.4 Å². The average Bonchev–Trinajstić information content (AvgIpc) is 2.63. The lowest BCUT2D eigenvalue weighted by atomic mass is 9.99. The maximum Gasteiger partial charge on any atom is 0.228 e. The molecule has 2 heterocycles. The molecule has 26 heavy (non-hydrogen) atoms. The predicted octanol–water partition coefficient (Wildman–Crippen LogP) is 2.48. The van der Waals surface area contributed by atoms with Gasteiger partial charge in [0.25, 0.3) is 0 Å². The van der Waals surface area contributed by atoms with E-state index in [0.717, 1.165) is 0 Å². The predicted molar refractivity (Wildman–Crippen MR) is 98.5 cm³/mol. The lowest BCUT2D eigenvalue weighted by molar-refractivity contribution is -0.120. The number of piperidine rings is 1. The zero-order chi connectivity index (χ0) is 18.6. The van der Waals surface area contributed by atoms with Gasteiger partial charge in [0.05, 0.1) is 12.2 Å². The highest BCUT2D eigenvalue weighted by Gasteiger charge is 2.30. The van der Waals surface area contributed by atoms with Crippen LogP contribution < -0.4 is 10.1 Å². The van der Waals surface area contributed by atoms with Crippen LogP contribution in [0.1, 0.15) is 12.8 Å². The van der Waals surface area contributed by atoms with Gasteiger partial charge in [0, 0.05) is 31.2 Å². The van der Waals surface area contributed by atoms with Crippen molar-refractivity contribution in [3.63, 3.8) is 0 Å². The van der Waals surface area contributed by atoms with E-state index in [9.17, 15) is 13.2 Å². The van der Waals surface area contributed by atoms with Crippen molar-refractivity contribution in [3.05, 3.63) is 48.8 Å². The lowest BCUT2D eigenvalue weighted by Crippen LogP contribution is -2.43. The van der Waals surface area contributed by atoms with Gasteiger partial charge in [-0.1, -0.05) is 0 Å². The summed E-state index contributed by atoms with van der Waals surface area (Å²) in [5.74, 6) is 0.822. The van der Waals surface area contributed by atoms with Crippen LogP contribution in [0.4, 0.5) is 5.69 Å². The van der Waals surface area contributed by atoms with Crippen LogP contribution in [0.5, 0.6) is 11.5 Å². The van der Waals surface area contributed by atoms with Gasteiger partial charge >= 0.3 is 0 Å². The second-order valence-corrected chi connectivity index (χ2v) is 8.24. The third-order valence-corrected chi connectivity index (χ3v) is 5.50. The fourth-order valence-corrected chi connectivity index (χ4v) is 3.76. The maximum atomic E-state index is 12.4. The number of pyridine rings is 1. The van der Waals surface area contributed by atoms with E-state index >= 15 is 0 Å². The quantitative estimate of drug-likeness (QED) is 0.867. The molecule has 8 heteroatoms. The van der Waals surface area contributed by atoms with Crippen LogP contribution in [0.3, 0.4) is 0 Å². The molecular weight excluding hydrogens is 354 g/mol. The van der Waals surface area contributed by atoms with Crippen molar-refractivity contribution in [3.8, 4) is 11.5 Å². The normalized spacial score (nSPS) is 18.3. The number of anilines is 1. The molecule has 0 saturated carbocycles. The summed E-state index contributed by atoms with van der Waals surface area (Å²) in [4.78, 5) is 16.4. The smallest absolute Gasteiger partial charge is 0.228 e. The number of sulfonamides is 1. The highest BCUT2D eigenvalue weighted by Crippen LogP contribution is 2.24. The van der Waals surface area contributed by atoms with Crippen LogP contribution in [0.2, 0.25) is 0 Å². The minimum Gasteiger partial charge on any atom is -0.457 e. The molecule has 0 bridgehead atoms. The first-order chi connectivity index (χ1) is 12.4. The Hall–Kier alpha value is -2.45. The molecular formula is C18H21N3O4S. The van der Waals surface area contributed by atoms with E-state index in [2.05, 4.69) is 10.3 Å². The average molecular weight is 375 g/mol. The molecule has 2 aromatic rings. The Labute approximate surface area is 153 Å². The van der Waals surface area contributed by atoms with E-state index < -0.39 is 10.0 Å². The number of hydrogen-bond acceptors (Lipinski definition) is 5. The summed E-state index contributed by atoms with van der Waals surface area (Å²) < 4.78 is 30.4. The third kappa shape index (κ3) is 4.80. The number of amides is 1. The van der Waals surface area contributed by atoms with E-state index in [1.54, 1.807) is 48.8 Å². The molecule has 3 rings (SSSR count). The Morgan fingerprint density at radius 3 is 2.46 bits per heavy atom. The number of nitrogens with one attached hydrogen (secondary N) is 1. The molecule has 1 saturated heterocycles. The number of rotatable bonds is 5. The second kappa shape index (κ2) is 7.84. The molecule has 1 N–H and O–H groups in total. The summed E-state index contributed by atoms with van der Waals surface area (Å²) in [6.45, 7) is 0.706. The number of aromatic nitrogens is 1. The summed E-state index contributed by atoms with van der Waals surface area (Å²) >= 11 is 0. The van der Waals surface area contributed by atoms with Gasteiger partial charge in [-0.05, 0) is 49.2 Å². The molecule has 0 aliphatic carbocycles. The van der Waals surface area contributed by atoms with Crippen LogP contribution in [0, 0.1) is 5.92 Å². The summed E-state index contributed by atoms with van der Waals surface area (Å²) in [5.41, 5.74) is 0.647. The monoisotopic (exact) mass is 375 g/mol. The molecule has 1 amide bonds. The minimum absolute atomic E-state index is 0.166. The summed E-state index contributed by atoms with van der Waals surface area (Å²) in [5, 5.41) is 2.85. The largest absolute Gasteiger partial charge is 0.457 e. The molecule has 0 spiro atoms. The van der Waals surface area contributed by atoms with Gasteiger partial charge in [0.1, 0.15) is 11.5 Å². The topological polar surface area (TPSA) is 88.6 Å². The summed E-state index contributed by atoms with van der Waals surface area (Å²) in [6, 6.07) is 10.6. The van der Waals surface area contributed by atoms with Crippen LogP contribution in [-0.2, 0) is 14.8 Å². The number of nitrogens with zero attached hydrogens (tertiary/aromatic N) is 2. The Morgan fingerprint density at radius 1 is 1.15 bits per heavy atom. The van der Waals surface area contributed by atoms with Gasteiger partial charge in [-0.25, -0.2) is 12.7 Å². The first-order valence-electron chi connectivity index (χ1n) is 8.36. The van der Waals surface area contributed by atoms with Gasteiger partial charge in [-0.3, -0.25) is 9.78 Å². The Bertz CT molecular complexity index is 854. The molecule has 0 unspecified atom stereocenters. The highest BCUT2D eigenvalue weighted by molar-refractivity contribution is 7.88. The Balaban J connectivity index is 1.59. The van der Waals surface area contributed by atoms with E-state index in [0.29, 0.717) is 36.6 Å². The molecule has 0 radical (unpaired) electrons. The number of carbonyl (C=O) groups excluding carboxylic acids is 1. The SMILES string of the molecule is CS(=O)(=O)N1CCC[C@H](C(=O)Nc2ccc(Oc3ccncc3)cc2)C1. The van der Waals surface area contributed by atoms with Gasteiger partial charge < -0.3 is 10.1 Å². The zero-order valence-corrected chi connectivity index (χ0v) is 15.3. The maximum absolute atomic E-state index is 12.4. The molecule has 1 atom stereocenters. The second-order valence-electron chi connectivity index (χ2n) is 6.26. The fraction of sp³-hybridized carbons (Fsp3) is 0.333. The number of benzene rings is 1. The van der Waals surface area contributed by atoms with Crippen LogP contribution in [-0.4, -0.2) is 43.0 Å². The number of hydrogen-bond donors (Lipinski definition) is 1. The van der Waals surface area contributed by atoms with Crippen molar-refractivity contribution in [2.24, 2.45) is 5.92 Å². The van der Waals surface area contributed by atoms with Gasteiger partial charge in [0.2, 0.25) is 15.9 Å². The van der Waals surface area contributed by atoms with Crippen molar-refractivity contribution in [1.29, 1.82) is 0 Å².